The molecule has 7 nitrogen and oxygen atoms in total. The van der Waals surface area contributed by atoms with Crippen molar-refractivity contribution in [2.45, 2.75) is 25.4 Å². The number of hydrogen-bond acceptors (Lipinski definition) is 4. The lowest BCUT2D eigenvalue weighted by molar-refractivity contribution is 0.0929. The molecule has 3 aromatic rings. The number of carbonyl (C=O) groups excluding carboxylic acids is 2. The molecule has 2 aliphatic rings. The van der Waals surface area contributed by atoms with E-state index in [0.29, 0.717) is 24.1 Å². The third kappa shape index (κ3) is 3.69. The van der Waals surface area contributed by atoms with Gasteiger partial charge in [0.15, 0.2) is 23.1 Å². The lowest BCUT2D eigenvalue weighted by atomic mass is 10.0. The first-order valence-corrected chi connectivity index (χ1v) is 10.8. The highest BCUT2D eigenvalue weighted by molar-refractivity contribution is 6.08. The van der Waals surface area contributed by atoms with Crippen molar-refractivity contribution in [2.75, 3.05) is 11.4 Å². The van der Waals surface area contributed by atoms with Crippen LogP contribution in [0.1, 0.15) is 44.4 Å². The molecule has 186 valence electrons. The van der Waals surface area contributed by atoms with Gasteiger partial charge in [-0.25, -0.2) is 22.0 Å². The quantitative estimate of drug-likeness (QED) is 0.535. The van der Waals surface area contributed by atoms with Gasteiger partial charge in [-0.3, -0.25) is 14.4 Å². The molecule has 0 saturated heterocycles. The van der Waals surface area contributed by atoms with Gasteiger partial charge >= 0.3 is 0 Å². The van der Waals surface area contributed by atoms with Crippen molar-refractivity contribution in [1.29, 1.82) is 0 Å². The first-order valence-electron chi connectivity index (χ1n) is 10.8. The predicted octanol–water partition coefficient (Wildman–Crippen LogP) is 3.33. The zero-order valence-corrected chi connectivity index (χ0v) is 18.2. The van der Waals surface area contributed by atoms with Crippen LogP contribution in [0.15, 0.2) is 35.3 Å². The smallest absolute Gasteiger partial charge is 0.279 e. The number of aromatic nitrogens is 1. The van der Waals surface area contributed by atoms with Gasteiger partial charge in [-0.15, -0.1) is 0 Å². The zero-order valence-electron chi connectivity index (χ0n) is 18.2. The average Bonchev–Trinajstić information content (AvgIpc) is 2.97. The Hall–Kier alpha value is -4.22. The summed E-state index contributed by atoms with van der Waals surface area (Å²) >= 11 is 0. The highest BCUT2D eigenvalue weighted by Crippen LogP contribution is 2.38. The van der Waals surface area contributed by atoms with Crippen LogP contribution >= 0.6 is 0 Å². The van der Waals surface area contributed by atoms with E-state index in [9.17, 15) is 41.4 Å². The molecule has 2 N–H and O–H groups in total. The topological polar surface area (TPSA) is 91.6 Å². The molecule has 0 fully saturated rings. The summed E-state index contributed by atoms with van der Waals surface area (Å²) in [6.45, 7) is -0.722. The minimum atomic E-state index is -1.24. The lowest BCUT2D eigenvalue weighted by Gasteiger charge is -2.35. The number of hydrogen-bond donors (Lipinski definition) is 2. The van der Waals surface area contributed by atoms with E-state index < -0.39 is 81.5 Å². The predicted molar refractivity (Wildman–Crippen MR) is 115 cm³/mol. The fraction of sp³-hybridized carbons (Fsp3) is 0.208. The number of fused-ring (bicyclic) bond motifs is 6. The third-order valence-corrected chi connectivity index (χ3v) is 6.38. The maximum Gasteiger partial charge on any atom is 0.279 e. The second kappa shape index (κ2) is 8.47. The molecular weight excluding hydrogens is 489 g/mol. The van der Waals surface area contributed by atoms with E-state index in [0.717, 1.165) is 23.2 Å². The molecule has 3 heterocycles. The van der Waals surface area contributed by atoms with Gasteiger partial charge < -0.3 is 19.9 Å². The molecule has 1 aromatic heterocycles. The number of amides is 2. The van der Waals surface area contributed by atoms with Gasteiger partial charge in [0.25, 0.3) is 11.8 Å². The van der Waals surface area contributed by atoms with Gasteiger partial charge in [-0.1, -0.05) is 0 Å². The van der Waals surface area contributed by atoms with Crippen LogP contribution in [0.4, 0.5) is 27.6 Å². The van der Waals surface area contributed by atoms with Crippen LogP contribution in [0.25, 0.3) is 0 Å². The summed E-state index contributed by atoms with van der Waals surface area (Å²) in [5, 5.41) is 12.7. The van der Waals surface area contributed by atoms with Gasteiger partial charge in [0.05, 0.1) is 11.7 Å². The molecule has 12 heteroatoms. The van der Waals surface area contributed by atoms with Crippen molar-refractivity contribution in [3.63, 3.8) is 0 Å². The summed E-state index contributed by atoms with van der Waals surface area (Å²) in [5.41, 5.74) is -2.40. The van der Waals surface area contributed by atoms with Crippen molar-refractivity contribution in [3.8, 4) is 5.75 Å². The van der Waals surface area contributed by atoms with E-state index in [4.69, 9.17) is 0 Å². The molecule has 0 spiro atoms. The number of aryl methyl sites for hydroxylation is 1. The van der Waals surface area contributed by atoms with E-state index in [1.54, 1.807) is 0 Å². The normalized spacial score (nSPS) is 16.3. The Morgan fingerprint density at radius 3 is 2.36 bits per heavy atom. The van der Waals surface area contributed by atoms with Gasteiger partial charge in [-0.05, 0) is 24.5 Å². The molecule has 1 unspecified atom stereocenters. The number of aromatic hydroxyl groups is 1. The van der Waals surface area contributed by atoms with Gasteiger partial charge in [-0.2, -0.15) is 0 Å². The molecule has 5 rings (SSSR count). The van der Waals surface area contributed by atoms with Crippen molar-refractivity contribution in [2.24, 2.45) is 0 Å². The summed E-state index contributed by atoms with van der Waals surface area (Å²) in [7, 11) is 0. The van der Waals surface area contributed by atoms with Gasteiger partial charge in [0.1, 0.15) is 23.0 Å². The molecule has 2 aliphatic heterocycles. The molecule has 0 aliphatic carbocycles. The number of anilines is 1. The van der Waals surface area contributed by atoms with Crippen molar-refractivity contribution in [3.05, 3.63) is 92.2 Å². The number of halogens is 5. The van der Waals surface area contributed by atoms with E-state index in [-0.39, 0.29) is 18.7 Å². The van der Waals surface area contributed by atoms with Crippen LogP contribution in [0.2, 0.25) is 0 Å². The number of nitrogens with zero attached hydrogens (tertiary/aromatic N) is 2. The summed E-state index contributed by atoms with van der Waals surface area (Å²) in [6, 6.07) is 2.17. The van der Waals surface area contributed by atoms with Crippen LogP contribution in [0, 0.1) is 29.1 Å². The first-order chi connectivity index (χ1) is 17.1. The summed E-state index contributed by atoms with van der Waals surface area (Å²) in [4.78, 5) is 39.8. The molecule has 36 heavy (non-hydrogen) atoms. The molecule has 2 amide bonds. The Morgan fingerprint density at radius 1 is 1.00 bits per heavy atom. The third-order valence-electron chi connectivity index (χ3n) is 6.38. The van der Waals surface area contributed by atoms with Crippen LogP contribution in [0.5, 0.6) is 5.75 Å². The SMILES string of the molecule is O=C(NCc1c(F)cc(F)cc1F)c1cn2c(c(O)c1=O)C(=O)N1CC2CCc2cc(F)c(F)cc21. The van der Waals surface area contributed by atoms with Gasteiger partial charge in [0, 0.05) is 43.0 Å². The second-order valence-electron chi connectivity index (χ2n) is 8.51. The van der Waals surface area contributed by atoms with Crippen LogP contribution in [-0.4, -0.2) is 28.0 Å². The Labute approximate surface area is 199 Å². The number of rotatable bonds is 3. The van der Waals surface area contributed by atoms with E-state index in [2.05, 4.69) is 5.32 Å². The number of pyridine rings is 1. The Morgan fingerprint density at radius 2 is 1.67 bits per heavy atom. The fourth-order valence-corrected chi connectivity index (χ4v) is 4.58. The molecule has 1 atom stereocenters. The Balaban J connectivity index is 1.51. The largest absolute Gasteiger partial charge is 0.503 e. The summed E-state index contributed by atoms with van der Waals surface area (Å²) in [5.74, 6) is -8.85. The van der Waals surface area contributed by atoms with Crippen molar-refractivity contribution in [1.82, 2.24) is 9.88 Å². The zero-order chi connectivity index (χ0) is 25.9. The number of carbonyl (C=O) groups is 2. The Kier molecular flexibility index (Phi) is 5.53. The van der Waals surface area contributed by atoms with E-state index in [1.165, 1.54) is 4.57 Å². The maximum atomic E-state index is 13.9. The fourth-order valence-electron chi connectivity index (χ4n) is 4.58. The summed E-state index contributed by atoms with van der Waals surface area (Å²) in [6.07, 6.45) is 1.59. The average molecular weight is 505 g/mol. The molecular formula is C24H16F5N3O4. The Bertz CT molecular complexity index is 1500. The van der Waals surface area contributed by atoms with Gasteiger partial charge in [0.2, 0.25) is 5.43 Å². The van der Waals surface area contributed by atoms with Crippen LogP contribution < -0.4 is 15.6 Å². The molecule has 2 aromatic carbocycles. The number of nitrogens with one attached hydrogen (secondary N) is 1. The van der Waals surface area contributed by atoms with Crippen LogP contribution in [-0.2, 0) is 13.0 Å². The van der Waals surface area contributed by atoms with Crippen molar-refractivity contribution >= 4 is 17.5 Å². The summed E-state index contributed by atoms with van der Waals surface area (Å²) < 4.78 is 69.8. The number of benzene rings is 2. The highest BCUT2D eigenvalue weighted by atomic mass is 19.2. The minimum Gasteiger partial charge on any atom is -0.503 e. The lowest BCUT2D eigenvalue weighted by Crippen LogP contribution is -2.44. The standard InChI is InChI=1S/C24H16F5N3O4/c25-11-4-15(26)13(16(27)5-11)7-30-23(35)14-9-31-12-2-1-10-3-17(28)18(29)6-19(10)32(8-12)24(36)20(31)22(34)21(14)33/h3-6,9,12,34H,1-2,7-8H2,(H,30,35). The molecule has 2 bridgehead atoms. The first kappa shape index (κ1) is 23.5. The second-order valence-corrected chi connectivity index (χ2v) is 8.51. The molecule has 0 radical (unpaired) electrons. The molecule has 0 saturated carbocycles. The minimum absolute atomic E-state index is 0.000717. The van der Waals surface area contributed by atoms with E-state index >= 15 is 0 Å². The van der Waals surface area contributed by atoms with Crippen LogP contribution in [0.3, 0.4) is 0 Å². The van der Waals surface area contributed by atoms with E-state index in [1.807, 2.05) is 0 Å². The maximum absolute atomic E-state index is 13.9. The highest BCUT2D eigenvalue weighted by Gasteiger charge is 2.39. The monoisotopic (exact) mass is 505 g/mol. The van der Waals surface area contributed by atoms with Crippen molar-refractivity contribution < 1.29 is 36.6 Å².